The number of nitro groups is 2. The normalized spacial score (nSPS) is 11.0. The van der Waals surface area contributed by atoms with Gasteiger partial charge in [0.2, 0.25) is 11.6 Å². The molecule has 0 aliphatic rings. The van der Waals surface area contributed by atoms with E-state index in [0.29, 0.717) is 5.56 Å². The van der Waals surface area contributed by atoms with E-state index in [2.05, 4.69) is 35.8 Å². The van der Waals surface area contributed by atoms with Crippen molar-refractivity contribution in [2.45, 2.75) is 0 Å². The van der Waals surface area contributed by atoms with E-state index < -0.39 is 15.8 Å². The molecular weight excluding hydrogens is 488 g/mol. The van der Waals surface area contributed by atoms with Crippen LogP contribution in [0.15, 0.2) is 52.2 Å². The molecule has 0 aliphatic heterocycles. The predicted octanol–water partition coefficient (Wildman–Crippen LogP) is 2.13. The molecule has 0 fully saturated rings. The Hall–Kier alpha value is -5.25. The summed E-state index contributed by atoms with van der Waals surface area (Å²) < 4.78 is 5.63. The number of nitrogens with one attached hydrogen (secondary N) is 1. The molecule has 3 N–H and O–H groups in total. The molecule has 0 saturated heterocycles. The summed E-state index contributed by atoms with van der Waals surface area (Å²) in [5.41, 5.74) is 7.44. The molecule has 0 aliphatic carbocycles. The Morgan fingerprint density at radius 2 is 1.89 bits per heavy atom. The first kappa shape index (κ1) is 22.9. The van der Waals surface area contributed by atoms with Crippen LogP contribution < -0.4 is 11.2 Å². The van der Waals surface area contributed by atoms with E-state index in [0.717, 1.165) is 10.9 Å². The number of aromatic nitrogens is 5. The number of rotatable bonds is 7. The lowest BCUT2D eigenvalue weighted by Gasteiger charge is -2.06. The number of amides is 1. The van der Waals surface area contributed by atoms with E-state index in [9.17, 15) is 25.0 Å². The van der Waals surface area contributed by atoms with Crippen molar-refractivity contribution < 1.29 is 19.3 Å². The molecule has 0 spiro atoms. The number of carbonyl (C=O) groups is 1. The fourth-order valence-corrected chi connectivity index (χ4v) is 3.16. The number of hydrogen-bond acceptors (Lipinski definition) is 12. The standard InChI is InChI=1S/C18H11ClN10O6/c19-12-2-1-3-13(29(33)34)11(12)8-21-23-18(30)14-15(9-4-6-10(7-5-9)28(31)32)27(26-22-14)17-16(20)24-35-25-17/h1-8H,(H2,20,24)(H,23,30). The van der Waals surface area contributed by atoms with E-state index in [4.69, 9.17) is 17.3 Å². The average molecular weight is 499 g/mol. The first-order chi connectivity index (χ1) is 16.8. The summed E-state index contributed by atoms with van der Waals surface area (Å²) >= 11 is 6.01. The van der Waals surface area contributed by atoms with E-state index >= 15 is 0 Å². The summed E-state index contributed by atoms with van der Waals surface area (Å²) in [5.74, 6) is -1.11. The van der Waals surface area contributed by atoms with Gasteiger partial charge < -0.3 is 5.73 Å². The first-order valence-corrected chi connectivity index (χ1v) is 9.71. The summed E-state index contributed by atoms with van der Waals surface area (Å²) in [6, 6.07) is 9.21. The van der Waals surface area contributed by atoms with Crippen LogP contribution in [0.5, 0.6) is 0 Å². The second-order valence-corrected chi connectivity index (χ2v) is 7.01. The van der Waals surface area contributed by atoms with E-state index in [1.807, 2.05) is 0 Å². The van der Waals surface area contributed by atoms with Gasteiger partial charge >= 0.3 is 0 Å². The minimum absolute atomic E-state index is 0.0276. The first-order valence-electron chi connectivity index (χ1n) is 9.33. The zero-order chi connectivity index (χ0) is 25.1. The molecule has 2 heterocycles. The van der Waals surface area contributed by atoms with Crippen LogP contribution in [0.3, 0.4) is 0 Å². The SMILES string of the molecule is Nc1nonc1-n1nnc(C(=O)NN=Cc2c(Cl)cccc2[N+](=O)[O-])c1-c1ccc([N+](=O)[O-])cc1. The topological polar surface area (TPSA) is 223 Å². The minimum atomic E-state index is -0.870. The summed E-state index contributed by atoms with van der Waals surface area (Å²) in [6.45, 7) is 0. The van der Waals surface area contributed by atoms with Crippen molar-refractivity contribution in [2.24, 2.45) is 5.10 Å². The molecule has 0 saturated carbocycles. The van der Waals surface area contributed by atoms with Gasteiger partial charge in [-0.1, -0.05) is 22.9 Å². The molecule has 0 radical (unpaired) electrons. The fraction of sp³-hybridized carbons (Fsp3) is 0. The Balaban J connectivity index is 1.71. The van der Waals surface area contributed by atoms with Crippen molar-refractivity contribution in [2.75, 3.05) is 5.73 Å². The highest BCUT2D eigenvalue weighted by Gasteiger charge is 2.25. The quantitative estimate of drug-likeness (QED) is 0.213. The molecule has 0 bridgehead atoms. The van der Waals surface area contributed by atoms with Crippen LogP contribution in [0.4, 0.5) is 17.2 Å². The molecule has 176 valence electrons. The third-order valence-electron chi connectivity index (χ3n) is 4.52. The van der Waals surface area contributed by atoms with Gasteiger partial charge in [-0.3, -0.25) is 25.0 Å². The maximum Gasteiger partial charge on any atom is 0.294 e. The molecule has 17 heteroatoms. The second kappa shape index (κ2) is 9.32. The number of halogens is 1. The Morgan fingerprint density at radius 3 is 2.51 bits per heavy atom. The molecule has 4 rings (SSSR count). The summed E-state index contributed by atoms with van der Waals surface area (Å²) in [5, 5.41) is 40.8. The Kier molecular flexibility index (Phi) is 6.10. The third-order valence-corrected chi connectivity index (χ3v) is 4.85. The van der Waals surface area contributed by atoms with Gasteiger partial charge in [0.1, 0.15) is 5.69 Å². The Morgan fingerprint density at radius 1 is 1.14 bits per heavy atom. The van der Waals surface area contributed by atoms with Crippen molar-refractivity contribution in [3.8, 4) is 17.1 Å². The number of anilines is 1. The van der Waals surface area contributed by atoms with E-state index in [-0.39, 0.29) is 45.0 Å². The van der Waals surface area contributed by atoms with E-state index in [1.165, 1.54) is 42.5 Å². The van der Waals surface area contributed by atoms with Gasteiger partial charge in [0, 0.05) is 23.8 Å². The van der Waals surface area contributed by atoms with Crippen molar-refractivity contribution >= 4 is 40.9 Å². The van der Waals surface area contributed by atoms with E-state index in [1.54, 1.807) is 0 Å². The number of nitrogens with zero attached hydrogens (tertiary/aromatic N) is 8. The number of nitro benzene ring substituents is 2. The largest absolute Gasteiger partial charge is 0.378 e. The smallest absolute Gasteiger partial charge is 0.294 e. The monoisotopic (exact) mass is 498 g/mol. The molecule has 4 aromatic rings. The number of nitrogens with two attached hydrogens (primary N) is 1. The predicted molar refractivity (Wildman–Crippen MR) is 119 cm³/mol. The molecule has 0 atom stereocenters. The van der Waals surface area contributed by atoms with Crippen LogP contribution in [0, 0.1) is 20.2 Å². The number of benzene rings is 2. The fourth-order valence-electron chi connectivity index (χ4n) is 2.94. The lowest BCUT2D eigenvalue weighted by molar-refractivity contribution is -0.385. The van der Waals surface area contributed by atoms with Crippen LogP contribution in [0.25, 0.3) is 17.1 Å². The van der Waals surface area contributed by atoms with Crippen molar-refractivity contribution in [1.29, 1.82) is 0 Å². The van der Waals surface area contributed by atoms with Crippen LogP contribution in [-0.2, 0) is 0 Å². The molecule has 1 amide bonds. The van der Waals surface area contributed by atoms with Gasteiger partial charge in [-0.2, -0.15) is 9.78 Å². The highest BCUT2D eigenvalue weighted by molar-refractivity contribution is 6.33. The van der Waals surface area contributed by atoms with Gasteiger partial charge in [0.15, 0.2) is 5.69 Å². The van der Waals surface area contributed by atoms with Crippen molar-refractivity contribution in [1.82, 2.24) is 30.7 Å². The zero-order valence-corrected chi connectivity index (χ0v) is 17.9. The number of hydrogen-bond donors (Lipinski definition) is 2. The summed E-state index contributed by atoms with van der Waals surface area (Å²) in [7, 11) is 0. The van der Waals surface area contributed by atoms with Gasteiger partial charge in [-0.15, -0.1) is 5.10 Å². The molecule has 2 aromatic heterocycles. The third kappa shape index (κ3) is 4.48. The lowest BCUT2D eigenvalue weighted by Crippen LogP contribution is -2.19. The zero-order valence-electron chi connectivity index (χ0n) is 17.1. The van der Waals surface area contributed by atoms with Crippen LogP contribution in [-0.4, -0.2) is 47.3 Å². The van der Waals surface area contributed by atoms with Crippen LogP contribution in [0.1, 0.15) is 16.1 Å². The van der Waals surface area contributed by atoms with Gasteiger partial charge in [-0.05, 0) is 28.5 Å². The minimum Gasteiger partial charge on any atom is -0.378 e. The number of hydrazone groups is 1. The summed E-state index contributed by atoms with van der Waals surface area (Å²) in [6.07, 6.45) is 1.01. The Labute approximate surface area is 198 Å². The lowest BCUT2D eigenvalue weighted by atomic mass is 10.1. The highest BCUT2D eigenvalue weighted by Crippen LogP contribution is 2.28. The average Bonchev–Trinajstić information content (AvgIpc) is 3.45. The van der Waals surface area contributed by atoms with Crippen LogP contribution >= 0.6 is 11.6 Å². The molecular formula is C18H11ClN10O6. The molecule has 16 nitrogen and oxygen atoms in total. The van der Waals surface area contributed by atoms with Gasteiger partial charge in [0.25, 0.3) is 17.3 Å². The second-order valence-electron chi connectivity index (χ2n) is 6.60. The van der Waals surface area contributed by atoms with Crippen LogP contribution in [0.2, 0.25) is 5.02 Å². The summed E-state index contributed by atoms with van der Waals surface area (Å²) in [4.78, 5) is 33.8. The maximum absolute atomic E-state index is 12.9. The van der Waals surface area contributed by atoms with Crippen molar-refractivity contribution in [3.63, 3.8) is 0 Å². The van der Waals surface area contributed by atoms with Crippen molar-refractivity contribution in [3.05, 3.63) is 79.0 Å². The molecule has 0 unspecified atom stereocenters. The molecule has 35 heavy (non-hydrogen) atoms. The van der Waals surface area contributed by atoms with Gasteiger partial charge in [-0.25, -0.2) is 10.1 Å². The number of nitrogen functional groups attached to an aromatic ring is 1. The number of carbonyl (C=O) groups excluding carboxylic acids is 1. The van der Waals surface area contributed by atoms with Gasteiger partial charge in [0.05, 0.1) is 26.6 Å². The Bertz CT molecular complexity index is 1480. The highest BCUT2D eigenvalue weighted by atomic mass is 35.5. The molecule has 2 aromatic carbocycles. The maximum atomic E-state index is 12.9. The number of non-ortho nitro benzene ring substituents is 1.